The lowest BCUT2D eigenvalue weighted by atomic mass is 9.95. The molecule has 0 amide bonds. The van der Waals surface area contributed by atoms with Gasteiger partial charge in [-0.2, -0.15) is 5.10 Å². The van der Waals surface area contributed by atoms with Crippen molar-refractivity contribution in [3.63, 3.8) is 0 Å². The molecule has 150 valence electrons. The van der Waals surface area contributed by atoms with Crippen molar-refractivity contribution in [1.29, 1.82) is 0 Å². The summed E-state index contributed by atoms with van der Waals surface area (Å²) in [5.41, 5.74) is 7.58. The number of aromatic nitrogens is 4. The molecule has 30 heavy (non-hydrogen) atoms. The first-order valence-electron chi connectivity index (χ1n) is 9.26. The van der Waals surface area contributed by atoms with Gasteiger partial charge in [0, 0.05) is 27.8 Å². The van der Waals surface area contributed by atoms with E-state index in [1.165, 1.54) is 18.3 Å². The number of anilines is 1. The van der Waals surface area contributed by atoms with Crippen LogP contribution in [0, 0.1) is 5.82 Å². The quantitative estimate of drug-likeness (QED) is 0.343. The van der Waals surface area contributed by atoms with Gasteiger partial charge >= 0.3 is 0 Å². The first kappa shape index (κ1) is 17.9. The van der Waals surface area contributed by atoms with Gasteiger partial charge in [-0.1, -0.05) is 6.07 Å². The number of halogens is 1. The molecule has 3 heterocycles. The van der Waals surface area contributed by atoms with Gasteiger partial charge < -0.3 is 20.4 Å². The van der Waals surface area contributed by atoms with Crippen LogP contribution in [0.3, 0.4) is 0 Å². The number of hydrogen-bond donors (Lipinski definition) is 4. The van der Waals surface area contributed by atoms with E-state index in [4.69, 9.17) is 10.5 Å². The Hall–Kier alpha value is -4.14. The third-order valence-electron chi connectivity index (χ3n) is 5.14. The molecule has 3 aromatic heterocycles. The van der Waals surface area contributed by atoms with Crippen molar-refractivity contribution >= 4 is 38.4 Å². The van der Waals surface area contributed by atoms with Crippen molar-refractivity contribution in [3.8, 4) is 16.9 Å². The number of nitrogen functional groups attached to an aromatic ring is 1. The average molecular weight is 405 g/mol. The molecular formula is C21H16FN5O3. The molecule has 9 heteroatoms. The molecule has 0 aliphatic rings. The zero-order chi connectivity index (χ0) is 21.0. The summed E-state index contributed by atoms with van der Waals surface area (Å²) >= 11 is 0. The van der Waals surface area contributed by atoms with Gasteiger partial charge in [0.1, 0.15) is 22.8 Å². The highest BCUT2D eigenvalue weighted by molar-refractivity contribution is 6.15. The molecular weight excluding hydrogens is 389 g/mol. The van der Waals surface area contributed by atoms with Crippen molar-refractivity contribution in [2.75, 3.05) is 12.3 Å². The van der Waals surface area contributed by atoms with E-state index in [2.05, 4.69) is 20.2 Å². The van der Waals surface area contributed by atoms with E-state index in [1.807, 2.05) is 6.92 Å². The maximum atomic E-state index is 14.2. The number of pyridine rings is 2. The molecule has 0 saturated heterocycles. The lowest BCUT2D eigenvalue weighted by Gasteiger charge is -2.15. The van der Waals surface area contributed by atoms with Gasteiger partial charge in [0.2, 0.25) is 5.56 Å². The van der Waals surface area contributed by atoms with Crippen LogP contribution in [0.25, 0.3) is 43.8 Å². The summed E-state index contributed by atoms with van der Waals surface area (Å²) in [5.74, 6) is -0.0204. The largest absolute Gasteiger partial charge is 0.492 e. The van der Waals surface area contributed by atoms with E-state index in [9.17, 15) is 14.0 Å². The Kier molecular flexibility index (Phi) is 3.85. The fourth-order valence-electron chi connectivity index (χ4n) is 3.85. The third-order valence-corrected chi connectivity index (χ3v) is 5.14. The van der Waals surface area contributed by atoms with Crippen LogP contribution in [-0.2, 0) is 0 Å². The minimum atomic E-state index is -0.491. The Morgan fingerprint density at radius 1 is 1.03 bits per heavy atom. The number of H-pyrrole nitrogens is 3. The van der Waals surface area contributed by atoms with E-state index in [0.29, 0.717) is 50.7 Å². The first-order chi connectivity index (χ1) is 14.5. The van der Waals surface area contributed by atoms with E-state index >= 15 is 0 Å². The number of nitrogens with zero attached hydrogens (tertiary/aromatic N) is 1. The van der Waals surface area contributed by atoms with Crippen LogP contribution in [0.4, 0.5) is 10.1 Å². The summed E-state index contributed by atoms with van der Waals surface area (Å²) in [6, 6.07) is 7.57. The van der Waals surface area contributed by atoms with Gasteiger partial charge in [0.25, 0.3) is 5.56 Å². The predicted octanol–water partition coefficient (Wildman–Crippen LogP) is 3.03. The number of ether oxygens (including phenoxy) is 1. The smallest absolute Gasteiger partial charge is 0.272 e. The number of fused-ring (bicyclic) bond motifs is 4. The van der Waals surface area contributed by atoms with Crippen LogP contribution in [0.1, 0.15) is 6.92 Å². The van der Waals surface area contributed by atoms with Gasteiger partial charge in [-0.05, 0) is 30.7 Å². The summed E-state index contributed by atoms with van der Waals surface area (Å²) in [4.78, 5) is 30.2. The highest BCUT2D eigenvalue weighted by atomic mass is 19.1. The van der Waals surface area contributed by atoms with Crippen molar-refractivity contribution in [2.45, 2.75) is 6.92 Å². The molecule has 0 bridgehead atoms. The lowest BCUT2D eigenvalue weighted by molar-refractivity contribution is 0.344. The molecule has 2 aromatic carbocycles. The summed E-state index contributed by atoms with van der Waals surface area (Å²) in [7, 11) is 0. The maximum absolute atomic E-state index is 14.2. The van der Waals surface area contributed by atoms with Crippen LogP contribution < -0.4 is 21.6 Å². The fraction of sp³-hybridized carbons (Fsp3) is 0.0952. The predicted molar refractivity (Wildman–Crippen MR) is 113 cm³/mol. The average Bonchev–Trinajstić information content (AvgIpc) is 3.22. The zero-order valence-electron chi connectivity index (χ0n) is 15.8. The van der Waals surface area contributed by atoms with Gasteiger partial charge in [-0.3, -0.25) is 14.7 Å². The van der Waals surface area contributed by atoms with Crippen LogP contribution in [0.15, 0.2) is 46.1 Å². The second-order valence-corrected chi connectivity index (χ2v) is 6.84. The van der Waals surface area contributed by atoms with Crippen LogP contribution in [-0.4, -0.2) is 26.8 Å². The second-order valence-electron chi connectivity index (χ2n) is 6.84. The Morgan fingerprint density at radius 3 is 2.67 bits per heavy atom. The molecule has 8 nitrogen and oxygen atoms in total. The van der Waals surface area contributed by atoms with E-state index in [1.54, 1.807) is 18.2 Å². The summed E-state index contributed by atoms with van der Waals surface area (Å²) in [5, 5.41) is 8.25. The van der Waals surface area contributed by atoms with E-state index < -0.39 is 11.4 Å². The molecule has 0 aliphatic carbocycles. The van der Waals surface area contributed by atoms with Gasteiger partial charge in [-0.25, -0.2) is 4.39 Å². The Labute approximate surface area is 167 Å². The number of nitrogens with one attached hydrogen (secondary N) is 3. The standard InChI is InChI=1S/C21H16FN5O3/c1-2-30-14-7-11-16(9-3-5-13(22)19-12(9)8-24-27-19)17(23)21(29)26-18(11)10-4-6-15(28)25-20(10)14/h3-8H,2,23H2,1H3,(H,24,27)(H,25,28)(H,26,29). The lowest BCUT2D eigenvalue weighted by Crippen LogP contribution is -2.14. The number of nitrogens with two attached hydrogens (primary N) is 1. The number of rotatable bonds is 3. The molecule has 0 unspecified atom stereocenters. The minimum absolute atomic E-state index is 0.0113. The van der Waals surface area contributed by atoms with Crippen molar-refractivity contribution in [1.82, 2.24) is 20.2 Å². The Balaban J connectivity index is 2.01. The van der Waals surface area contributed by atoms with Crippen LogP contribution in [0.2, 0.25) is 0 Å². The Morgan fingerprint density at radius 2 is 1.87 bits per heavy atom. The molecule has 0 spiro atoms. The number of hydrogen-bond acceptors (Lipinski definition) is 5. The molecule has 0 saturated carbocycles. The van der Waals surface area contributed by atoms with Crippen molar-refractivity contribution in [2.24, 2.45) is 0 Å². The van der Waals surface area contributed by atoms with Crippen LogP contribution >= 0.6 is 0 Å². The third kappa shape index (κ3) is 2.48. The molecule has 0 radical (unpaired) electrons. The highest BCUT2D eigenvalue weighted by Gasteiger charge is 2.20. The zero-order valence-corrected chi connectivity index (χ0v) is 15.8. The SMILES string of the molecule is CCOc1cc2c(-c3ccc(F)c4[nH]ncc34)c(N)c(=O)[nH]c2c2ccc(=O)[nH]c12. The summed E-state index contributed by atoms with van der Waals surface area (Å²) in [6.07, 6.45) is 1.49. The summed E-state index contributed by atoms with van der Waals surface area (Å²) < 4.78 is 19.9. The minimum Gasteiger partial charge on any atom is -0.492 e. The molecule has 0 atom stereocenters. The van der Waals surface area contributed by atoms with Crippen molar-refractivity contribution < 1.29 is 9.13 Å². The fourth-order valence-corrected chi connectivity index (χ4v) is 3.85. The van der Waals surface area contributed by atoms with Crippen LogP contribution in [0.5, 0.6) is 5.75 Å². The molecule has 5 N–H and O–H groups in total. The topological polar surface area (TPSA) is 130 Å². The maximum Gasteiger partial charge on any atom is 0.272 e. The Bertz CT molecular complexity index is 1580. The number of benzene rings is 2. The molecule has 5 aromatic rings. The monoisotopic (exact) mass is 405 g/mol. The molecule has 0 aliphatic heterocycles. The van der Waals surface area contributed by atoms with Crippen molar-refractivity contribution in [3.05, 3.63) is 63.1 Å². The first-order valence-corrected chi connectivity index (χ1v) is 9.26. The highest BCUT2D eigenvalue weighted by Crippen LogP contribution is 2.40. The molecule has 5 rings (SSSR count). The second kappa shape index (κ2) is 6.45. The van der Waals surface area contributed by atoms with Gasteiger partial charge in [0.05, 0.1) is 23.8 Å². The number of aromatic amines is 3. The van der Waals surface area contributed by atoms with Gasteiger partial charge in [-0.15, -0.1) is 0 Å². The van der Waals surface area contributed by atoms with E-state index in [-0.39, 0.29) is 16.8 Å². The van der Waals surface area contributed by atoms with E-state index in [0.717, 1.165) is 0 Å². The van der Waals surface area contributed by atoms with Gasteiger partial charge in [0.15, 0.2) is 0 Å². The normalized spacial score (nSPS) is 11.5. The molecule has 0 fully saturated rings. The summed E-state index contributed by atoms with van der Waals surface area (Å²) in [6.45, 7) is 2.20.